The maximum Gasteiger partial charge on any atom is 0.302 e. The third-order valence-electron chi connectivity index (χ3n) is 34.1. The molecule has 13 aliphatic carbocycles. The van der Waals surface area contributed by atoms with Crippen LogP contribution in [0.5, 0.6) is 0 Å². The predicted molar refractivity (Wildman–Crippen MR) is 418 cm³/mol. The Hall–Kier alpha value is -5.69. The van der Waals surface area contributed by atoms with Crippen molar-refractivity contribution in [3.8, 4) is 0 Å². The lowest BCUT2D eigenvalue weighted by atomic mass is 9.66. The average Bonchev–Trinajstić information content (AvgIpc) is 1.53. The molecule has 0 spiro atoms. The fraction of sp³-hybridized carbons (Fsp3) is 0.857. The highest BCUT2D eigenvalue weighted by Crippen LogP contribution is 2.68. The first-order valence-corrected chi connectivity index (χ1v) is 44.9. The molecule has 20 heteroatoms. The van der Waals surface area contributed by atoms with Crippen LogP contribution in [-0.2, 0) is 67.1 Å². The van der Waals surface area contributed by atoms with Crippen molar-refractivity contribution in [2.45, 2.75) is 333 Å². The van der Waals surface area contributed by atoms with Crippen LogP contribution in [0.25, 0.3) is 0 Å². The van der Waals surface area contributed by atoms with Crippen LogP contribution in [0.3, 0.4) is 0 Å². The van der Waals surface area contributed by atoms with Crippen molar-refractivity contribution in [3.05, 3.63) is 0 Å². The second kappa shape index (κ2) is 32.1. The number of carbonyl (C=O) groups is 13. The Kier molecular flexibility index (Phi) is 24.1. The highest BCUT2D eigenvalue weighted by Gasteiger charge is 2.73. The van der Waals surface area contributed by atoms with Crippen LogP contribution in [0.4, 0.5) is 0 Å². The Morgan fingerprint density at radius 3 is 0.982 bits per heavy atom. The minimum atomic E-state index is -0.400. The first-order valence-electron chi connectivity index (χ1n) is 44.9. The summed E-state index contributed by atoms with van der Waals surface area (Å²) in [5.74, 6) is 11.6. The number of fused-ring (bicyclic) bond motifs is 32. The number of carbonyl (C=O) groups excluding carboxylic acids is 13. The molecule has 10 bridgehead atoms. The molecule has 29 unspecified atom stereocenters. The van der Waals surface area contributed by atoms with Gasteiger partial charge in [-0.3, -0.25) is 91.7 Å². The second-order valence-electron chi connectivity index (χ2n) is 40.4. The monoisotopic (exact) mass is 1540 g/mol. The maximum atomic E-state index is 12.7. The van der Waals surface area contributed by atoms with Gasteiger partial charge >= 0.3 is 5.97 Å². The predicted octanol–water partition coefficient (Wildman–Crippen LogP) is 14.4. The van der Waals surface area contributed by atoms with Gasteiger partial charge in [0.1, 0.15) is 0 Å². The van der Waals surface area contributed by atoms with Gasteiger partial charge in [-0.05, 0) is 231 Å². The topological polar surface area (TPSA) is 251 Å². The summed E-state index contributed by atoms with van der Waals surface area (Å²) >= 11 is 0. The maximum absolute atomic E-state index is 12.7. The lowest BCUT2D eigenvalue weighted by Gasteiger charge is -2.53. The largest absolute Gasteiger partial charge is 0.469 e. The van der Waals surface area contributed by atoms with Crippen molar-refractivity contribution in [1.82, 2.24) is 29.4 Å². The number of rotatable bonds is 12. The van der Waals surface area contributed by atoms with Gasteiger partial charge in [0.25, 0.3) is 0 Å². The molecule has 616 valence electrons. The molecule has 0 aromatic rings. The number of β-lactam (4-membered cyclic amide) rings is 6. The van der Waals surface area contributed by atoms with E-state index in [0.717, 1.165) is 87.9 Å². The molecule has 0 radical (unpaired) electrons. The first-order chi connectivity index (χ1) is 52.6. The molecule has 19 rings (SSSR count). The number of methoxy groups -OCH3 is 1. The van der Waals surface area contributed by atoms with Crippen molar-refractivity contribution >= 4 is 76.9 Å². The number of likely N-dealkylation sites (tertiary alicyclic amines) is 6. The van der Waals surface area contributed by atoms with Gasteiger partial charge in [-0.1, -0.05) is 142 Å². The Balaban J connectivity index is 0.000000116. The molecule has 19 aliphatic rings. The zero-order valence-electron chi connectivity index (χ0n) is 70.6. The van der Waals surface area contributed by atoms with E-state index in [2.05, 4.69) is 4.74 Å². The molecule has 13 saturated carbocycles. The van der Waals surface area contributed by atoms with E-state index in [1.165, 1.54) is 136 Å². The van der Waals surface area contributed by atoms with Gasteiger partial charge in [-0.25, -0.2) is 0 Å². The fourth-order valence-corrected chi connectivity index (χ4v) is 26.0. The zero-order chi connectivity index (χ0) is 80.4. The van der Waals surface area contributed by atoms with Gasteiger partial charge in [0.2, 0.25) is 70.9 Å². The summed E-state index contributed by atoms with van der Waals surface area (Å²) in [4.78, 5) is 167. The SMILES string of the molecule is CCC(C)(C)C(=O)N1C(=O)C2C3CC(C4CCCC43)C21.CCC(C)(C)C(=O)N1C(=O)C2C3CCC(C3)C21.CCC(C)(C)C(=O)N1C(=O)C2CCCCCCC21.CCC(C)C(=O)N1C(=O)C2C3CC(C4CCCC43)C21.CCC(C)C(=O)N1C(=O)C2C3CCC(C3)C21.CCC(C)C(=O)N1C(=O)C2C3CCC(C3)C21.COC(C)=O. The summed E-state index contributed by atoms with van der Waals surface area (Å²) in [6.07, 6.45) is 33.0. The number of hydrogen-bond donors (Lipinski definition) is 0. The van der Waals surface area contributed by atoms with Gasteiger partial charge in [-0.15, -0.1) is 0 Å². The molecule has 111 heavy (non-hydrogen) atoms. The van der Waals surface area contributed by atoms with Gasteiger partial charge in [0.15, 0.2) is 0 Å². The molecule has 6 heterocycles. The van der Waals surface area contributed by atoms with Gasteiger partial charge in [0.05, 0.1) is 78.9 Å². The smallest absolute Gasteiger partial charge is 0.302 e. The Labute approximate surface area is 662 Å². The van der Waals surface area contributed by atoms with Crippen LogP contribution in [-0.4, -0.2) is 150 Å². The van der Waals surface area contributed by atoms with E-state index < -0.39 is 10.8 Å². The summed E-state index contributed by atoms with van der Waals surface area (Å²) in [7, 11) is 1.35. The third-order valence-corrected chi connectivity index (χ3v) is 34.1. The molecule has 6 aliphatic heterocycles. The molecule has 12 amide bonds. The van der Waals surface area contributed by atoms with Gasteiger partial charge in [0, 0.05) is 40.9 Å². The van der Waals surface area contributed by atoms with Gasteiger partial charge in [-0.2, -0.15) is 0 Å². The van der Waals surface area contributed by atoms with Gasteiger partial charge < -0.3 is 4.74 Å². The molecular weight excluding hydrogens is 1400 g/mol. The molecule has 19 fully saturated rings. The lowest BCUT2D eigenvalue weighted by molar-refractivity contribution is -0.179. The number of esters is 1. The molecule has 29 atom stereocenters. The van der Waals surface area contributed by atoms with Crippen LogP contribution < -0.4 is 0 Å². The van der Waals surface area contributed by atoms with E-state index in [1.807, 2.05) is 104 Å². The number of amides is 12. The van der Waals surface area contributed by atoms with E-state index in [1.54, 1.807) is 29.4 Å². The van der Waals surface area contributed by atoms with E-state index in [0.29, 0.717) is 65.2 Å². The fourth-order valence-electron chi connectivity index (χ4n) is 26.0. The highest BCUT2D eigenvalue weighted by molar-refractivity contribution is 6.07. The number of hydrogen-bond acceptors (Lipinski definition) is 14. The first kappa shape index (κ1) is 83.3. The third kappa shape index (κ3) is 13.8. The van der Waals surface area contributed by atoms with Crippen LogP contribution >= 0.6 is 0 Å². The zero-order valence-corrected chi connectivity index (χ0v) is 70.6. The minimum Gasteiger partial charge on any atom is -0.469 e. The number of ether oxygens (including phenoxy) is 1. The molecule has 0 aromatic carbocycles. The lowest BCUT2D eigenvalue weighted by Crippen LogP contribution is -2.68. The molecule has 0 N–H and O–H groups in total. The second-order valence-corrected chi connectivity index (χ2v) is 40.4. The summed E-state index contributed by atoms with van der Waals surface area (Å²) in [6.45, 7) is 31.0. The Bertz CT molecular complexity index is 3590. The van der Waals surface area contributed by atoms with E-state index in [4.69, 9.17) is 0 Å². The normalized spacial score (nSPS) is 39.5. The standard InChI is InChI=1S/C17H25NO2.C16H23NO2.C15H25NO2.C14H21NO2.2C13H19NO2.C3H6O2/c1-4-17(2,3)16(20)18-14-12-8-11(13(14)15(18)19)9-6-5-7-10(9)12;1-3-8(2)15(18)17-14-12-7-11(13(14)16(17)19)9-5-4-6-10(9)12;1-4-15(2,3)14(18)16-12-10-8-6-5-7-9-11(12)13(16)17;1-4-14(2,3)13(17)15-11-9-6-5-8(7-9)10(11)12(15)16;2*1-3-7(2)12(15)14-11-9-5-4-8(6-9)10(11)13(14)16;1-3(4)5-2/h9-14H,4-8H2,1-3H3;8-14H,3-7H2,1-2H3;11-12H,4-10H2,1-3H3;8-11H,4-7H2,1-3H3;2*7-11H,3-6H2,1-2H3;1-2H3. The highest BCUT2D eigenvalue weighted by atomic mass is 16.5. The van der Waals surface area contributed by atoms with Crippen molar-refractivity contribution < 1.29 is 67.1 Å². The number of nitrogens with zero attached hydrogens (tertiary/aromatic N) is 6. The Morgan fingerprint density at radius 2 is 0.622 bits per heavy atom. The van der Waals surface area contributed by atoms with Crippen LogP contribution in [0.15, 0.2) is 0 Å². The van der Waals surface area contributed by atoms with E-state index in [9.17, 15) is 62.3 Å². The van der Waals surface area contributed by atoms with Crippen LogP contribution in [0.1, 0.15) is 297 Å². The van der Waals surface area contributed by atoms with E-state index >= 15 is 0 Å². The van der Waals surface area contributed by atoms with Crippen molar-refractivity contribution in [2.24, 2.45) is 152 Å². The summed E-state index contributed by atoms with van der Waals surface area (Å²) in [6, 6.07) is 1.60. The van der Waals surface area contributed by atoms with Crippen molar-refractivity contribution in [3.63, 3.8) is 0 Å². The quantitative estimate of drug-likeness (QED) is 0.130. The Morgan fingerprint density at radius 1 is 0.333 bits per heavy atom. The average molecular weight is 1540 g/mol. The van der Waals surface area contributed by atoms with Crippen LogP contribution in [0, 0.1) is 152 Å². The summed E-state index contributed by atoms with van der Waals surface area (Å²) in [5, 5.41) is 0. The summed E-state index contributed by atoms with van der Waals surface area (Å²) in [5.41, 5.74) is -1.18. The number of imide groups is 6. The van der Waals surface area contributed by atoms with Crippen LogP contribution in [0.2, 0.25) is 0 Å². The molecular formula is C91H138N6O14. The molecule has 20 nitrogen and oxygen atoms in total. The minimum absolute atomic E-state index is 0.00315. The van der Waals surface area contributed by atoms with E-state index in [-0.39, 0.29) is 166 Å². The van der Waals surface area contributed by atoms with Crippen molar-refractivity contribution in [2.75, 3.05) is 7.11 Å². The van der Waals surface area contributed by atoms with Crippen molar-refractivity contribution in [1.29, 1.82) is 0 Å². The summed E-state index contributed by atoms with van der Waals surface area (Å²) < 4.78 is 4.11. The molecule has 6 saturated heterocycles. The molecule has 0 aromatic heterocycles.